The van der Waals surface area contributed by atoms with Gasteiger partial charge in [0.05, 0.1) is 13.7 Å². The highest BCUT2D eigenvalue weighted by atomic mass is 16.5. The summed E-state index contributed by atoms with van der Waals surface area (Å²) in [5, 5.41) is 0. The van der Waals surface area contributed by atoms with Crippen molar-refractivity contribution in [2.75, 3.05) is 18.6 Å². The Balaban J connectivity index is 1.68. The molecule has 1 atom stereocenters. The maximum Gasteiger partial charge on any atom is 0.332 e. The van der Waals surface area contributed by atoms with E-state index in [1.54, 1.807) is 14.2 Å². The molecule has 2 aromatic carbocycles. The van der Waals surface area contributed by atoms with Crippen LogP contribution >= 0.6 is 0 Å². The molecule has 0 aliphatic carbocycles. The van der Waals surface area contributed by atoms with Gasteiger partial charge in [-0.3, -0.25) is 13.9 Å². The number of rotatable bonds is 4. The highest BCUT2D eigenvalue weighted by Crippen LogP contribution is 2.33. The number of aromatic nitrogens is 4. The van der Waals surface area contributed by atoms with Gasteiger partial charge in [-0.05, 0) is 42.7 Å². The van der Waals surface area contributed by atoms with Crippen LogP contribution in [0.25, 0.3) is 11.2 Å². The monoisotopic (exact) mass is 445 g/mol. The molecule has 33 heavy (non-hydrogen) atoms. The third-order valence-corrected chi connectivity index (χ3v) is 6.29. The molecule has 0 spiro atoms. The molecule has 0 bridgehead atoms. The lowest BCUT2D eigenvalue weighted by atomic mass is 10.1. The molecular weight excluding hydrogens is 418 g/mol. The Kier molecular flexibility index (Phi) is 5.08. The fraction of sp³-hybridized carbons (Fsp3) is 0.320. The topological polar surface area (TPSA) is 74.3 Å². The molecule has 0 radical (unpaired) electrons. The molecular formula is C25H27N5O3. The second-order valence-electron chi connectivity index (χ2n) is 8.83. The minimum absolute atomic E-state index is 0.222. The zero-order valence-corrected chi connectivity index (χ0v) is 19.3. The predicted molar refractivity (Wildman–Crippen MR) is 129 cm³/mol. The summed E-state index contributed by atoms with van der Waals surface area (Å²) >= 11 is 0. The van der Waals surface area contributed by atoms with Crippen molar-refractivity contribution < 1.29 is 4.74 Å². The van der Waals surface area contributed by atoms with E-state index < -0.39 is 0 Å². The number of benzene rings is 2. The van der Waals surface area contributed by atoms with Crippen LogP contribution < -0.4 is 20.9 Å². The average molecular weight is 446 g/mol. The predicted octanol–water partition coefficient (Wildman–Crippen LogP) is 3.05. The summed E-state index contributed by atoms with van der Waals surface area (Å²) in [5.41, 5.74) is 3.20. The molecule has 8 heteroatoms. The Morgan fingerprint density at radius 1 is 1.03 bits per heavy atom. The summed E-state index contributed by atoms with van der Waals surface area (Å²) in [4.78, 5) is 33.6. The smallest absolute Gasteiger partial charge is 0.332 e. The standard InChI is InChI=1S/C25H27N5O3/c1-16-5-7-18(8-6-16)15-30-23(31)21-22(27(3)25(30)32)26-24-28(13-17(2)14-29(21)24)19-9-11-20(33-4)12-10-19/h5-12,17H,13-15H2,1-4H3/t17-/m1/s1. The molecule has 0 saturated heterocycles. The van der Waals surface area contributed by atoms with Crippen LogP contribution in [0, 0.1) is 12.8 Å². The van der Waals surface area contributed by atoms with Crippen molar-refractivity contribution in [3.05, 3.63) is 80.5 Å². The Hall–Kier alpha value is -3.81. The molecule has 4 aromatic rings. The lowest BCUT2D eigenvalue weighted by Crippen LogP contribution is -2.40. The summed E-state index contributed by atoms with van der Waals surface area (Å²) in [6, 6.07) is 15.6. The van der Waals surface area contributed by atoms with E-state index in [-0.39, 0.29) is 17.8 Å². The third kappa shape index (κ3) is 3.51. The highest BCUT2D eigenvalue weighted by Gasteiger charge is 2.29. The number of imidazole rings is 1. The van der Waals surface area contributed by atoms with Crippen LogP contribution in [0.3, 0.4) is 0 Å². The first-order chi connectivity index (χ1) is 15.9. The van der Waals surface area contributed by atoms with Crippen molar-refractivity contribution in [2.45, 2.75) is 26.9 Å². The van der Waals surface area contributed by atoms with Gasteiger partial charge in [-0.1, -0.05) is 36.8 Å². The molecule has 0 unspecified atom stereocenters. The average Bonchev–Trinajstić information content (AvgIpc) is 3.21. The number of hydrogen-bond acceptors (Lipinski definition) is 5. The van der Waals surface area contributed by atoms with E-state index in [0.717, 1.165) is 29.1 Å². The van der Waals surface area contributed by atoms with E-state index in [9.17, 15) is 9.59 Å². The molecule has 1 aliphatic rings. The molecule has 0 fully saturated rings. The minimum atomic E-state index is -0.368. The number of anilines is 2. The fourth-order valence-corrected chi connectivity index (χ4v) is 4.50. The lowest BCUT2D eigenvalue weighted by Gasteiger charge is -2.33. The quantitative estimate of drug-likeness (QED) is 0.483. The van der Waals surface area contributed by atoms with Crippen LogP contribution in [0.2, 0.25) is 0 Å². The van der Waals surface area contributed by atoms with Crippen molar-refractivity contribution >= 4 is 22.8 Å². The maximum atomic E-state index is 13.6. The van der Waals surface area contributed by atoms with Crippen molar-refractivity contribution in [1.82, 2.24) is 18.7 Å². The van der Waals surface area contributed by atoms with Gasteiger partial charge in [-0.25, -0.2) is 4.79 Å². The van der Waals surface area contributed by atoms with Gasteiger partial charge in [-0.2, -0.15) is 4.98 Å². The lowest BCUT2D eigenvalue weighted by molar-refractivity contribution is 0.414. The number of methoxy groups -OCH3 is 1. The zero-order valence-electron chi connectivity index (χ0n) is 19.3. The van der Waals surface area contributed by atoms with Gasteiger partial charge in [-0.15, -0.1) is 0 Å². The van der Waals surface area contributed by atoms with Crippen molar-refractivity contribution in [1.29, 1.82) is 0 Å². The van der Waals surface area contributed by atoms with Crippen LogP contribution in [0.4, 0.5) is 11.6 Å². The van der Waals surface area contributed by atoms with Crippen LogP contribution in [-0.2, 0) is 20.1 Å². The number of nitrogens with zero attached hydrogens (tertiary/aromatic N) is 5. The van der Waals surface area contributed by atoms with Crippen molar-refractivity contribution in [3.8, 4) is 5.75 Å². The van der Waals surface area contributed by atoms with E-state index in [2.05, 4.69) is 11.8 Å². The Morgan fingerprint density at radius 3 is 2.39 bits per heavy atom. The van der Waals surface area contributed by atoms with Crippen molar-refractivity contribution in [3.63, 3.8) is 0 Å². The Labute approximate surface area is 191 Å². The van der Waals surface area contributed by atoms with Gasteiger partial charge in [0.25, 0.3) is 5.56 Å². The third-order valence-electron chi connectivity index (χ3n) is 6.29. The first-order valence-electron chi connectivity index (χ1n) is 11.0. The first-order valence-corrected chi connectivity index (χ1v) is 11.0. The second-order valence-corrected chi connectivity index (χ2v) is 8.83. The summed E-state index contributed by atoms with van der Waals surface area (Å²) in [6.07, 6.45) is 0. The molecule has 1 aliphatic heterocycles. The van der Waals surface area contributed by atoms with Gasteiger partial charge in [0, 0.05) is 25.8 Å². The van der Waals surface area contributed by atoms with Crippen LogP contribution in [0.5, 0.6) is 5.75 Å². The summed E-state index contributed by atoms with van der Waals surface area (Å²) < 4.78 is 10.0. The molecule has 0 saturated carbocycles. The normalized spacial score (nSPS) is 15.6. The van der Waals surface area contributed by atoms with Crippen LogP contribution in [-0.4, -0.2) is 32.3 Å². The van der Waals surface area contributed by atoms with E-state index in [4.69, 9.17) is 9.72 Å². The molecule has 0 amide bonds. The summed E-state index contributed by atoms with van der Waals surface area (Å²) in [5.74, 6) is 1.74. The SMILES string of the molecule is COc1ccc(N2C[C@@H](C)Cn3c2nc2c3c(=O)n(Cc3ccc(C)cc3)c(=O)n2C)cc1. The fourth-order valence-electron chi connectivity index (χ4n) is 4.50. The van der Waals surface area contributed by atoms with Gasteiger partial charge >= 0.3 is 5.69 Å². The van der Waals surface area contributed by atoms with E-state index >= 15 is 0 Å². The number of ether oxygens (including phenoxy) is 1. The number of aryl methyl sites for hydroxylation is 2. The van der Waals surface area contributed by atoms with Gasteiger partial charge in [0.1, 0.15) is 5.75 Å². The van der Waals surface area contributed by atoms with Crippen molar-refractivity contribution in [2.24, 2.45) is 13.0 Å². The number of hydrogen-bond donors (Lipinski definition) is 0. The second kappa shape index (κ2) is 7.95. The van der Waals surface area contributed by atoms with E-state index in [1.807, 2.05) is 60.0 Å². The van der Waals surface area contributed by atoms with Gasteiger partial charge in [0.2, 0.25) is 5.95 Å². The Morgan fingerprint density at radius 2 is 1.73 bits per heavy atom. The largest absolute Gasteiger partial charge is 0.497 e. The van der Waals surface area contributed by atoms with E-state index in [1.165, 1.54) is 9.13 Å². The summed E-state index contributed by atoms with van der Waals surface area (Å²) in [6.45, 7) is 5.81. The molecule has 8 nitrogen and oxygen atoms in total. The first kappa shape index (κ1) is 21.1. The highest BCUT2D eigenvalue weighted by molar-refractivity contribution is 5.77. The molecule has 2 aromatic heterocycles. The maximum absolute atomic E-state index is 13.6. The number of fused-ring (bicyclic) bond motifs is 3. The van der Waals surface area contributed by atoms with Gasteiger partial charge < -0.3 is 14.2 Å². The molecule has 5 rings (SSSR count). The van der Waals surface area contributed by atoms with Gasteiger partial charge in [0.15, 0.2) is 11.2 Å². The Bertz CT molecular complexity index is 1450. The van der Waals surface area contributed by atoms with E-state index in [0.29, 0.717) is 29.6 Å². The molecule has 170 valence electrons. The molecule has 0 N–H and O–H groups in total. The molecule has 3 heterocycles. The van der Waals surface area contributed by atoms with Crippen LogP contribution in [0.15, 0.2) is 58.1 Å². The summed E-state index contributed by atoms with van der Waals surface area (Å²) in [7, 11) is 3.31. The zero-order chi connectivity index (χ0) is 23.3. The van der Waals surface area contributed by atoms with Crippen LogP contribution in [0.1, 0.15) is 18.1 Å². The minimum Gasteiger partial charge on any atom is -0.497 e.